The van der Waals surface area contributed by atoms with Crippen molar-refractivity contribution < 1.29 is 19.4 Å². The molecule has 0 amide bonds. The van der Waals surface area contributed by atoms with Crippen LogP contribution in [0.2, 0.25) is 0 Å². The molecule has 0 aromatic heterocycles. The monoisotopic (exact) mass is 316 g/mol. The SMILES string of the molecule is CCc1ccc(Sc2ccc(C(=O)O)cc2)cc1C(=O)OC. The highest BCUT2D eigenvalue weighted by Crippen LogP contribution is 2.30. The van der Waals surface area contributed by atoms with Crippen molar-refractivity contribution in [1.82, 2.24) is 0 Å². The fourth-order valence-electron chi connectivity index (χ4n) is 2.03. The second-order valence-corrected chi connectivity index (χ2v) is 5.74. The van der Waals surface area contributed by atoms with Crippen LogP contribution < -0.4 is 0 Å². The van der Waals surface area contributed by atoms with Crippen LogP contribution in [0.15, 0.2) is 52.3 Å². The van der Waals surface area contributed by atoms with Crippen molar-refractivity contribution in [3.63, 3.8) is 0 Å². The summed E-state index contributed by atoms with van der Waals surface area (Å²) < 4.78 is 4.81. The van der Waals surface area contributed by atoms with Crippen molar-refractivity contribution in [3.05, 3.63) is 59.2 Å². The quantitative estimate of drug-likeness (QED) is 0.848. The fourth-order valence-corrected chi connectivity index (χ4v) is 2.89. The fraction of sp³-hybridized carbons (Fsp3) is 0.176. The molecule has 0 atom stereocenters. The van der Waals surface area contributed by atoms with Crippen LogP contribution in [-0.4, -0.2) is 24.2 Å². The number of carbonyl (C=O) groups excluding carboxylic acids is 1. The number of carboxylic acids is 1. The van der Waals surface area contributed by atoms with Gasteiger partial charge in [0.2, 0.25) is 0 Å². The summed E-state index contributed by atoms with van der Waals surface area (Å²) in [5.41, 5.74) is 1.76. The van der Waals surface area contributed by atoms with Gasteiger partial charge in [0, 0.05) is 9.79 Å². The molecule has 114 valence electrons. The lowest BCUT2D eigenvalue weighted by Gasteiger charge is -2.09. The van der Waals surface area contributed by atoms with Crippen LogP contribution in [0.1, 0.15) is 33.2 Å². The minimum Gasteiger partial charge on any atom is -0.478 e. The van der Waals surface area contributed by atoms with Gasteiger partial charge in [-0.1, -0.05) is 24.8 Å². The van der Waals surface area contributed by atoms with Crippen LogP contribution in [-0.2, 0) is 11.2 Å². The summed E-state index contributed by atoms with van der Waals surface area (Å²) in [6.45, 7) is 1.99. The average Bonchev–Trinajstić information content (AvgIpc) is 2.54. The van der Waals surface area contributed by atoms with E-state index >= 15 is 0 Å². The average molecular weight is 316 g/mol. The molecule has 2 rings (SSSR count). The van der Waals surface area contributed by atoms with E-state index < -0.39 is 5.97 Å². The van der Waals surface area contributed by atoms with E-state index in [1.165, 1.54) is 18.9 Å². The van der Waals surface area contributed by atoms with Crippen molar-refractivity contribution in [2.75, 3.05) is 7.11 Å². The summed E-state index contributed by atoms with van der Waals surface area (Å²) in [6.07, 6.45) is 0.753. The number of rotatable bonds is 5. The maximum atomic E-state index is 11.8. The molecule has 0 aliphatic rings. The second kappa shape index (κ2) is 7.13. The Morgan fingerprint density at radius 2 is 1.73 bits per heavy atom. The van der Waals surface area contributed by atoms with Crippen molar-refractivity contribution >= 4 is 23.7 Å². The summed E-state index contributed by atoms with van der Waals surface area (Å²) in [6, 6.07) is 12.3. The first-order valence-corrected chi connectivity index (χ1v) is 7.59. The van der Waals surface area contributed by atoms with Gasteiger partial charge in [0.05, 0.1) is 18.2 Å². The first-order chi connectivity index (χ1) is 10.5. The van der Waals surface area contributed by atoms with E-state index in [0.717, 1.165) is 21.8 Å². The second-order valence-electron chi connectivity index (χ2n) is 4.60. The Hall–Kier alpha value is -2.27. The number of methoxy groups -OCH3 is 1. The van der Waals surface area contributed by atoms with Gasteiger partial charge in [-0.05, 0) is 48.4 Å². The van der Waals surface area contributed by atoms with Gasteiger partial charge < -0.3 is 9.84 Å². The molecule has 22 heavy (non-hydrogen) atoms. The molecule has 0 aliphatic carbocycles. The summed E-state index contributed by atoms with van der Waals surface area (Å²) in [4.78, 5) is 24.5. The van der Waals surface area contributed by atoms with Gasteiger partial charge in [-0.3, -0.25) is 0 Å². The number of hydrogen-bond donors (Lipinski definition) is 1. The molecule has 0 spiro atoms. The van der Waals surface area contributed by atoms with E-state index in [1.807, 2.05) is 19.1 Å². The lowest BCUT2D eigenvalue weighted by atomic mass is 10.1. The van der Waals surface area contributed by atoms with Gasteiger partial charge in [-0.15, -0.1) is 0 Å². The van der Waals surface area contributed by atoms with Gasteiger partial charge >= 0.3 is 11.9 Å². The van der Waals surface area contributed by atoms with Crippen LogP contribution >= 0.6 is 11.8 Å². The number of carbonyl (C=O) groups is 2. The highest BCUT2D eigenvalue weighted by molar-refractivity contribution is 7.99. The summed E-state index contributed by atoms with van der Waals surface area (Å²) >= 11 is 1.47. The van der Waals surface area contributed by atoms with E-state index in [9.17, 15) is 9.59 Å². The van der Waals surface area contributed by atoms with Crippen LogP contribution in [0.3, 0.4) is 0 Å². The molecule has 0 saturated carbocycles. The number of hydrogen-bond acceptors (Lipinski definition) is 4. The zero-order valence-electron chi connectivity index (χ0n) is 12.3. The molecule has 0 fully saturated rings. The maximum absolute atomic E-state index is 11.8. The predicted octanol–water partition coefficient (Wildman–Crippen LogP) is 3.89. The third-order valence-electron chi connectivity index (χ3n) is 3.20. The zero-order valence-corrected chi connectivity index (χ0v) is 13.1. The van der Waals surface area contributed by atoms with Crippen molar-refractivity contribution in [1.29, 1.82) is 0 Å². The van der Waals surface area contributed by atoms with Gasteiger partial charge in [0.15, 0.2) is 0 Å². The van der Waals surface area contributed by atoms with Crippen LogP contribution in [0.5, 0.6) is 0 Å². The molecular weight excluding hydrogens is 300 g/mol. The molecular formula is C17H16O4S. The summed E-state index contributed by atoms with van der Waals surface area (Å²) in [5, 5.41) is 8.89. The number of aromatic carboxylic acids is 1. The molecule has 2 aromatic carbocycles. The predicted molar refractivity (Wildman–Crippen MR) is 84.7 cm³/mol. The van der Waals surface area contributed by atoms with E-state index in [2.05, 4.69) is 0 Å². The zero-order chi connectivity index (χ0) is 16.1. The van der Waals surface area contributed by atoms with Gasteiger partial charge in [0.1, 0.15) is 0 Å². The number of ether oxygens (including phenoxy) is 1. The van der Waals surface area contributed by atoms with Crippen molar-refractivity contribution in [2.24, 2.45) is 0 Å². The number of benzene rings is 2. The van der Waals surface area contributed by atoms with Crippen molar-refractivity contribution in [2.45, 2.75) is 23.1 Å². The van der Waals surface area contributed by atoms with Gasteiger partial charge in [0.25, 0.3) is 0 Å². The Morgan fingerprint density at radius 1 is 1.09 bits per heavy atom. The third kappa shape index (κ3) is 3.68. The summed E-state index contributed by atoms with van der Waals surface area (Å²) in [7, 11) is 1.37. The van der Waals surface area contributed by atoms with Gasteiger partial charge in [-0.2, -0.15) is 0 Å². The lowest BCUT2D eigenvalue weighted by molar-refractivity contribution is 0.0598. The Balaban J connectivity index is 2.26. The standard InChI is InChI=1S/C17H16O4S/c1-3-11-4-9-14(10-15(11)17(20)21-2)22-13-7-5-12(6-8-13)16(18)19/h4-10H,3H2,1-2H3,(H,18,19). The highest BCUT2D eigenvalue weighted by atomic mass is 32.2. The first kappa shape index (κ1) is 16.1. The topological polar surface area (TPSA) is 63.6 Å². The smallest absolute Gasteiger partial charge is 0.338 e. The normalized spacial score (nSPS) is 10.3. The Kier molecular flexibility index (Phi) is 5.22. The van der Waals surface area contributed by atoms with Crippen molar-refractivity contribution in [3.8, 4) is 0 Å². The minimum absolute atomic E-state index is 0.251. The first-order valence-electron chi connectivity index (χ1n) is 6.77. The molecule has 2 aromatic rings. The molecule has 1 N–H and O–H groups in total. The molecule has 5 heteroatoms. The Morgan fingerprint density at radius 3 is 2.27 bits per heavy atom. The highest BCUT2D eigenvalue weighted by Gasteiger charge is 2.12. The third-order valence-corrected chi connectivity index (χ3v) is 4.20. The Labute approximate surface area is 133 Å². The number of aryl methyl sites for hydroxylation is 1. The molecule has 0 unspecified atom stereocenters. The molecule has 0 aliphatic heterocycles. The molecule has 0 heterocycles. The van der Waals surface area contributed by atoms with Crippen LogP contribution in [0.4, 0.5) is 0 Å². The van der Waals surface area contributed by atoms with E-state index in [0.29, 0.717) is 5.56 Å². The molecule has 0 radical (unpaired) electrons. The largest absolute Gasteiger partial charge is 0.478 e. The van der Waals surface area contributed by atoms with Gasteiger partial charge in [-0.25, -0.2) is 9.59 Å². The Bertz CT molecular complexity index is 692. The van der Waals surface area contributed by atoms with Crippen LogP contribution in [0, 0.1) is 0 Å². The van der Waals surface area contributed by atoms with Crippen LogP contribution in [0.25, 0.3) is 0 Å². The minimum atomic E-state index is -0.947. The molecule has 0 bridgehead atoms. The lowest BCUT2D eigenvalue weighted by Crippen LogP contribution is -2.05. The van der Waals surface area contributed by atoms with E-state index in [1.54, 1.807) is 30.3 Å². The summed E-state index contributed by atoms with van der Waals surface area (Å²) in [5.74, 6) is -1.29. The number of carboxylic acid groups (broad SMARTS) is 1. The van der Waals surface area contributed by atoms with E-state index in [-0.39, 0.29) is 11.5 Å². The molecule has 0 saturated heterocycles. The number of esters is 1. The molecule has 4 nitrogen and oxygen atoms in total. The van der Waals surface area contributed by atoms with E-state index in [4.69, 9.17) is 9.84 Å². The maximum Gasteiger partial charge on any atom is 0.338 e.